The van der Waals surface area contributed by atoms with Crippen LogP contribution in [-0.4, -0.2) is 200 Å². The van der Waals surface area contributed by atoms with Crippen molar-refractivity contribution in [3.05, 3.63) is 187 Å². The summed E-state index contributed by atoms with van der Waals surface area (Å²) in [7, 11) is 5.65. The summed E-state index contributed by atoms with van der Waals surface area (Å²) < 4.78 is 86.2. The van der Waals surface area contributed by atoms with E-state index in [0.717, 1.165) is 46.1 Å². The number of amides is 10. The summed E-state index contributed by atoms with van der Waals surface area (Å²) >= 11 is 25.5. The molecule has 6 aromatic carbocycles. The van der Waals surface area contributed by atoms with Crippen LogP contribution in [0, 0.1) is 22.9 Å². The van der Waals surface area contributed by atoms with Crippen LogP contribution >= 0.6 is 151 Å². The fourth-order valence-electron chi connectivity index (χ4n) is 12.7. The number of carbonyl (C=O) groups is 10. The van der Waals surface area contributed by atoms with Crippen molar-refractivity contribution < 1.29 is 84.8 Å². The highest BCUT2D eigenvalue weighted by molar-refractivity contribution is 8.25. The van der Waals surface area contributed by atoms with Crippen LogP contribution in [0.15, 0.2) is 127 Å². The fraction of sp³-hybridized carbons (Fsp3) is 0.396. The normalized spacial score (nSPS) is 14.2. The molecule has 10 aromatic rings. The van der Waals surface area contributed by atoms with Crippen LogP contribution < -0.4 is 96.5 Å². The molecule has 42 nitrogen and oxygen atoms in total. The number of nitrogens with zero attached hydrogens (tertiary/aromatic N) is 11. The second kappa shape index (κ2) is 62.9. The van der Waals surface area contributed by atoms with Crippen LogP contribution in [0.1, 0.15) is 126 Å². The Morgan fingerprint density at radius 2 is 0.832 bits per heavy atom. The van der Waals surface area contributed by atoms with E-state index in [2.05, 4.69) is 90.6 Å². The molecule has 3 saturated heterocycles. The molecule has 4 aromatic heterocycles. The average Bonchev–Trinajstić information content (AvgIpc) is 1.78. The Balaban J connectivity index is 0.000000339. The number of cyclic esters (lactones) is 3. The molecule has 5 atom stereocenters. The maximum absolute atomic E-state index is 15.1. The third-order valence-corrected chi connectivity index (χ3v) is 24.8. The molecular formula is C91H116Cl8F3N27O15S5. The van der Waals surface area contributed by atoms with Crippen molar-refractivity contribution in [3.8, 4) is 33.4 Å². The van der Waals surface area contributed by atoms with E-state index in [9.17, 15) is 56.7 Å². The minimum Gasteiger partial charge on any atom is -0.444 e. The van der Waals surface area contributed by atoms with Gasteiger partial charge >= 0.3 is 30.5 Å². The van der Waals surface area contributed by atoms with E-state index in [4.69, 9.17) is 115 Å². The molecule has 0 unspecified atom stereocenters. The average molecular weight is 2330 g/mol. The molecule has 0 aliphatic carbocycles. The van der Waals surface area contributed by atoms with Crippen molar-refractivity contribution >= 4 is 252 Å². The number of halogens is 11. The van der Waals surface area contributed by atoms with E-state index >= 15 is 4.39 Å². The van der Waals surface area contributed by atoms with E-state index in [1.165, 1.54) is 88.3 Å². The van der Waals surface area contributed by atoms with Gasteiger partial charge in [0.05, 0.1) is 94.6 Å². The van der Waals surface area contributed by atoms with Gasteiger partial charge in [-0.1, -0.05) is 114 Å². The lowest BCUT2D eigenvalue weighted by Crippen LogP contribution is -2.40. The number of alkyl carbamates (subject to hydrolysis) is 2. The SMILES string of the molecule is CC(=O)NC[C@H]1CN(c2ccc(-c3ccc(CNc4nsc(CN)n4)cc3)c(F)c2)C(=O)O1.CC(=O)NC[C@H]1CN(c2ccc(-c3ccc(CNc4nsc(CNC(=O)[C@H](C)N)n4)cc3)c(F)c2)C(=O)O1.CC(=O)NC[C@H]1CN(c2ccc(-c3ccc(CNc4nsc(CNC(=O)[C@H](N)CCCCN)n4)cc3)c(F)c2)C(=O)O1.CC(C)(C)OC(=O)NCC(=N)N.CC(C)(C)OC(=O)NCc1nsc(Cl)n1.Cl.Cl.Cl.ClSC(Cl)(Cl)Cl. The van der Waals surface area contributed by atoms with E-state index < -0.39 is 92.6 Å². The molecule has 3 fully saturated rings. The highest BCUT2D eigenvalue weighted by atomic mass is 35.7. The van der Waals surface area contributed by atoms with Gasteiger partial charge < -0.3 is 106 Å². The van der Waals surface area contributed by atoms with Crippen LogP contribution in [0.5, 0.6) is 0 Å². The summed E-state index contributed by atoms with van der Waals surface area (Å²) in [6, 6.07) is 34.9. The lowest BCUT2D eigenvalue weighted by Gasteiger charge is -2.19. The Morgan fingerprint density at radius 1 is 0.490 bits per heavy atom. The first-order valence-electron chi connectivity index (χ1n) is 44.7. The standard InChI is InChI=1S/C28H35FN8O4S.C25H28FN7O4S.C22H23FN6O3S.C8H12ClN3O2S.C7H15N3O2.CCl4S.3ClH/c1-17(38)32-14-21-16-37(28(40)41-21)20-9-10-22(23(29)12-20)19-7-5-18(6-8-19)13-34-27-35-25(42-36-27)15-33-26(39)24(31)4-2-3-11-30;1-14(27)23(35)29-12-22-31-24(32-38-22)30-10-16-3-5-17(6-4-16)20-8-7-18(9-21(20)26)33-13-19(37-25(33)36)11-28-15(2)34;1-13(30)25-11-17-12-29(22(31)32-17)16-6-7-18(19(23)8-16)15-4-2-14(3-5-15)10-26-21-27-20(9-24)33-28-21;1-8(2,3)14-7(13)10-4-5-11-6(9)15-12-5;1-7(2,3)12-6(11)10-4-5(8)9;2-1(3,4)6-5;;;/h5-10,12,21,24H,2-4,11,13-16,30-31H2,1H3,(H,32,38)(H,33,39)(H,34,36);3-9,14,19H,10-13,27H2,1-2H3,(H,28,34)(H,29,35)(H,30,32);2-8,17H,9-12,24H2,1H3,(H,25,30)(H,26,28);4H2,1-3H3,(H,10,13);4H2,1-3H3,(H3,8,9)(H,10,11);;3*1H/t21-,24+;14-,19-;17-;;;;;;/m000....../s1. The van der Waals surface area contributed by atoms with E-state index in [1.54, 1.807) is 84.9 Å². The summed E-state index contributed by atoms with van der Waals surface area (Å²) in [5.41, 5.74) is 33.8. The van der Waals surface area contributed by atoms with Gasteiger partial charge in [0.15, 0.2) is 5.82 Å². The molecule has 149 heavy (non-hydrogen) atoms. The van der Waals surface area contributed by atoms with Gasteiger partial charge in [0.25, 0.3) is 3.12 Å². The smallest absolute Gasteiger partial charge is 0.414 e. The number of hydrogen-bond acceptors (Lipinski definition) is 36. The molecule has 0 saturated carbocycles. The minimum atomic E-state index is -1.36. The van der Waals surface area contributed by atoms with Crippen molar-refractivity contribution in [1.29, 1.82) is 5.41 Å². The predicted molar refractivity (Wildman–Crippen MR) is 582 cm³/mol. The van der Waals surface area contributed by atoms with E-state index in [-0.39, 0.29) is 138 Å². The molecule has 13 rings (SSSR count). The number of nitrogens with two attached hydrogens (primary N) is 5. The number of anilines is 6. The van der Waals surface area contributed by atoms with Gasteiger partial charge in [0.2, 0.25) is 51.8 Å². The number of benzene rings is 6. The van der Waals surface area contributed by atoms with Gasteiger partial charge in [0.1, 0.15) is 67.8 Å². The van der Waals surface area contributed by atoms with Gasteiger partial charge in [-0.25, -0.2) is 57.1 Å². The van der Waals surface area contributed by atoms with E-state index in [0.29, 0.717) is 139 Å². The maximum atomic E-state index is 15.1. The first kappa shape index (κ1) is 128. The first-order chi connectivity index (χ1) is 69.1. The van der Waals surface area contributed by atoms with Gasteiger partial charge in [0, 0.05) is 74.6 Å². The molecule has 3 aliphatic heterocycles. The third-order valence-electron chi connectivity index (χ3n) is 19.6. The van der Waals surface area contributed by atoms with Crippen molar-refractivity contribution in [3.63, 3.8) is 0 Å². The molecular weight excluding hydrogens is 2210 g/mol. The third kappa shape index (κ3) is 46.0. The summed E-state index contributed by atoms with van der Waals surface area (Å²) in [6.07, 6.45) is -2.04. The van der Waals surface area contributed by atoms with Gasteiger partial charge in [-0.2, -0.15) is 17.5 Å². The van der Waals surface area contributed by atoms with E-state index in [1.807, 2.05) is 72.8 Å². The van der Waals surface area contributed by atoms with Gasteiger partial charge in [-0.05, 0) is 224 Å². The molecule has 58 heteroatoms. The van der Waals surface area contributed by atoms with Crippen LogP contribution in [0.25, 0.3) is 33.4 Å². The zero-order chi connectivity index (χ0) is 107. The zero-order valence-electron chi connectivity index (χ0n) is 82.0. The Kier molecular flexibility index (Phi) is 54.0. The van der Waals surface area contributed by atoms with Crippen LogP contribution in [0.3, 0.4) is 0 Å². The maximum Gasteiger partial charge on any atom is 0.414 e. The molecule has 10 amide bonds. The molecule has 812 valence electrons. The van der Waals surface area contributed by atoms with Crippen molar-refractivity contribution in [2.75, 3.05) is 83.0 Å². The predicted octanol–water partition coefficient (Wildman–Crippen LogP) is 14.9. The molecule has 0 radical (unpaired) electrons. The topological polar surface area (TPSA) is 604 Å². The van der Waals surface area contributed by atoms with Crippen LogP contribution in [0.4, 0.5) is 72.1 Å². The monoisotopic (exact) mass is 2320 g/mol. The van der Waals surface area contributed by atoms with Crippen molar-refractivity contribution in [2.24, 2.45) is 28.7 Å². The number of aromatic nitrogens is 8. The quantitative estimate of drug-likeness (QED) is 0.00570. The Morgan fingerprint density at radius 3 is 1.13 bits per heavy atom. The highest BCUT2D eigenvalue weighted by Gasteiger charge is 2.37. The number of ether oxygens (including phenoxy) is 5. The summed E-state index contributed by atoms with van der Waals surface area (Å²) in [5.74, 6) is -0.702. The Labute approximate surface area is 920 Å². The first-order valence-corrected chi connectivity index (χ1v) is 51.0. The summed E-state index contributed by atoms with van der Waals surface area (Å²) in [5, 5.41) is 36.5. The van der Waals surface area contributed by atoms with Crippen molar-refractivity contribution in [1.82, 2.24) is 74.6 Å². The van der Waals surface area contributed by atoms with Gasteiger partial charge in [-0.3, -0.25) is 44.1 Å². The van der Waals surface area contributed by atoms with Crippen LogP contribution in [0.2, 0.25) is 4.47 Å². The van der Waals surface area contributed by atoms with Gasteiger partial charge in [-0.15, -0.1) is 37.2 Å². The molecule has 7 heterocycles. The second-order valence-electron chi connectivity index (χ2n) is 33.9. The molecule has 0 bridgehead atoms. The zero-order valence-corrected chi connectivity index (χ0v) is 92.3. The number of carbonyl (C=O) groups excluding carboxylic acids is 10. The number of alkyl halides is 3. The number of unbranched alkanes of at least 4 members (excludes halogenated alkanes) is 1. The Hall–Kier alpha value is -11.6. The summed E-state index contributed by atoms with van der Waals surface area (Å²) in [6.45, 7) is 20.9. The number of nitrogens with one attached hydrogen (secondary N) is 11. The van der Waals surface area contributed by atoms with Crippen LogP contribution in [-0.2, 0) is 93.5 Å². The molecule has 0 spiro atoms. The lowest BCUT2D eigenvalue weighted by atomic mass is 10.0. The van der Waals surface area contributed by atoms with Crippen molar-refractivity contribution in [2.45, 2.75) is 179 Å². The molecule has 21 N–H and O–H groups in total. The Bertz CT molecular complexity index is 6050. The summed E-state index contributed by atoms with van der Waals surface area (Å²) in [4.78, 5) is 137. The number of amidine groups is 1. The highest BCUT2D eigenvalue weighted by Crippen LogP contribution is 2.41. The number of hydrogen-bond donors (Lipinski definition) is 16. The second-order valence-corrected chi connectivity index (χ2v) is 41.9. The largest absolute Gasteiger partial charge is 0.444 e. The number of rotatable bonds is 36. The fourth-order valence-corrected chi connectivity index (χ4v) is 14.9. The minimum absolute atomic E-state index is 0. The lowest BCUT2D eigenvalue weighted by molar-refractivity contribution is -0.123. The molecule has 3 aliphatic rings.